The number of anilines is 1. The zero-order valence-corrected chi connectivity index (χ0v) is 13.9. The monoisotopic (exact) mass is 328 g/mol. The number of amides is 1. The molecule has 24 heavy (non-hydrogen) atoms. The SMILES string of the molecule is CC(C)c1ccc(NC(=O)[C@H](C)OC(=O)c2cc[n+]([O-])cc2)cc1. The van der Waals surface area contributed by atoms with Crippen LogP contribution in [0.15, 0.2) is 48.8 Å². The van der Waals surface area contributed by atoms with E-state index < -0.39 is 18.0 Å². The zero-order valence-electron chi connectivity index (χ0n) is 13.9. The van der Waals surface area contributed by atoms with E-state index in [4.69, 9.17) is 4.74 Å². The molecule has 0 fully saturated rings. The van der Waals surface area contributed by atoms with E-state index in [0.29, 0.717) is 16.3 Å². The van der Waals surface area contributed by atoms with Crippen molar-refractivity contribution in [1.82, 2.24) is 0 Å². The van der Waals surface area contributed by atoms with Gasteiger partial charge in [-0.3, -0.25) is 4.79 Å². The highest BCUT2D eigenvalue weighted by molar-refractivity contribution is 5.97. The number of rotatable bonds is 5. The molecule has 0 aliphatic carbocycles. The predicted molar refractivity (Wildman–Crippen MR) is 89.4 cm³/mol. The van der Waals surface area contributed by atoms with Gasteiger partial charge < -0.3 is 15.3 Å². The lowest BCUT2D eigenvalue weighted by Gasteiger charge is -2.14. The van der Waals surface area contributed by atoms with Crippen LogP contribution in [0.3, 0.4) is 0 Å². The molecule has 6 nitrogen and oxygen atoms in total. The molecule has 2 aromatic rings. The highest BCUT2D eigenvalue weighted by atomic mass is 16.5. The van der Waals surface area contributed by atoms with Gasteiger partial charge in [0, 0.05) is 17.8 Å². The average Bonchev–Trinajstić information content (AvgIpc) is 2.55. The highest BCUT2D eigenvalue weighted by Crippen LogP contribution is 2.17. The van der Waals surface area contributed by atoms with Crippen LogP contribution in [-0.2, 0) is 9.53 Å². The second kappa shape index (κ2) is 7.59. The molecule has 0 bridgehead atoms. The smallest absolute Gasteiger partial charge is 0.339 e. The predicted octanol–water partition coefficient (Wildman–Crippen LogP) is 2.63. The molecule has 0 saturated carbocycles. The molecule has 2 rings (SSSR count). The molecule has 0 aliphatic heterocycles. The maximum absolute atomic E-state index is 12.1. The molecule has 6 heteroatoms. The Kier molecular flexibility index (Phi) is 5.52. The van der Waals surface area contributed by atoms with Gasteiger partial charge in [-0.2, -0.15) is 4.73 Å². The lowest BCUT2D eigenvalue weighted by Crippen LogP contribution is -2.30. The molecule has 1 aromatic heterocycles. The third-order valence-electron chi connectivity index (χ3n) is 3.54. The lowest BCUT2D eigenvalue weighted by molar-refractivity contribution is -0.605. The van der Waals surface area contributed by atoms with E-state index in [0.717, 1.165) is 0 Å². The molecule has 1 amide bonds. The van der Waals surface area contributed by atoms with Gasteiger partial charge >= 0.3 is 5.97 Å². The van der Waals surface area contributed by atoms with Crippen molar-refractivity contribution in [1.29, 1.82) is 0 Å². The molecule has 0 spiro atoms. The zero-order chi connectivity index (χ0) is 17.7. The van der Waals surface area contributed by atoms with E-state index in [2.05, 4.69) is 19.2 Å². The molecule has 1 heterocycles. The Morgan fingerprint density at radius 1 is 1.04 bits per heavy atom. The molecule has 0 saturated heterocycles. The van der Waals surface area contributed by atoms with E-state index in [-0.39, 0.29) is 5.56 Å². The standard InChI is InChI=1S/C18H20N2O4/c1-12(2)14-4-6-16(7-5-14)19-17(21)13(3)24-18(22)15-8-10-20(23)11-9-15/h4-13H,1-3H3,(H,19,21)/t13-/m0/s1. The Bertz CT molecular complexity index is 709. The summed E-state index contributed by atoms with van der Waals surface area (Å²) in [5.74, 6) is -0.669. The third-order valence-corrected chi connectivity index (χ3v) is 3.54. The fraction of sp³-hybridized carbons (Fsp3) is 0.278. The van der Waals surface area contributed by atoms with Gasteiger partial charge in [0.1, 0.15) is 0 Å². The largest absolute Gasteiger partial charge is 0.619 e. The number of nitrogens with one attached hydrogen (secondary N) is 1. The maximum atomic E-state index is 12.1. The Morgan fingerprint density at radius 3 is 2.17 bits per heavy atom. The van der Waals surface area contributed by atoms with Gasteiger partial charge in [0.15, 0.2) is 18.5 Å². The van der Waals surface area contributed by atoms with Crippen molar-refractivity contribution in [3.63, 3.8) is 0 Å². The van der Waals surface area contributed by atoms with Crippen LogP contribution in [0.1, 0.15) is 42.6 Å². The summed E-state index contributed by atoms with van der Waals surface area (Å²) in [6.45, 7) is 5.67. The first-order valence-corrected chi connectivity index (χ1v) is 7.67. The van der Waals surface area contributed by atoms with E-state index in [1.807, 2.05) is 24.3 Å². The van der Waals surface area contributed by atoms with E-state index in [1.165, 1.54) is 37.0 Å². The number of hydrogen-bond donors (Lipinski definition) is 1. The second-order valence-electron chi connectivity index (χ2n) is 5.76. The van der Waals surface area contributed by atoms with Crippen LogP contribution < -0.4 is 10.0 Å². The molecule has 1 aromatic carbocycles. The number of hydrogen-bond acceptors (Lipinski definition) is 4. The average molecular weight is 328 g/mol. The Hall–Kier alpha value is -2.89. The summed E-state index contributed by atoms with van der Waals surface area (Å²) in [4.78, 5) is 24.0. The van der Waals surface area contributed by atoms with Crippen LogP contribution in [0.2, 0.25) is 0 Å². The van der Waals surface area contributed by atoms with Crippen molar-refractivity contribution in [2.24, 2.45) is 0 Å². The minimum absolute atomic E-state index is 0.211. The molecular weight excluding hydrogens is 308 g/mol. The Balaban J connectivity index is 1.94. The fourth-order valence-corrected chi connectivity index (χ4v) is 2.03. The number of aromatic nitrogens is 1. The highest BCUT2D eigenvalue weighted by Gasteiger charge is 2.19. The first-order chi connectivity index (χ1) is 11.4. The van der Waals surface area contributed by atoms with Gasteiger partial charge in [0.05, 0.1) is 5.56 Å². The summed E-state index contributed by atoms with van der Waals surface area (Å²) in [5.41, 5.74) is 2.02. The van der Waals surface area contributed by atoms with E-state index in [1.54, 1.807) is 0 Å². The van der Waals surface area contributed by atoms with Crippen molar-refractivity contribution in [3.05, 3.63) is 65.1 Å². The van der Waals surface area contributed by atoms with E-state index >= 15 is 0 Å². The van der Waals surface area contributed by atoms with Gasteiger partial charge in [-0.05, 0) is 30.5 Å². The second-order valence-corrected chi connectivity index (χ2v) is 5.76. The normalized spacial score (nSPS) is 11.8. The molecule has 0 unspecified atom stereocenters. The molecular formula is C18H20N2O4. The van der Waals surface area contributed by atoms with Gasteiger partial charge in [-0.25, -0.2) is 4.79 Å². The third kappa shape index (κ3) is 4.55. The molecule has 126 valence electrons. The first-order valence-electron chi connectivity index (χ1n) is 7.67. The van der Waals surface area contributed by atoms with Crippen LogP contribution in [0, 0.1) is 5.21 Å². The summed E-state index contributed by atoms with van der Waals surface area (Å²) in [6, 6.07) is 10.2. The number of carbonyl (C=O) groups excluding carboxylic acids is 2. The quantitative estimate of drug-likeness (QED) is 0.519. The number of carbonyl (C=O) groups is 2. The van der Waals surface area contributed by atoms with Gasteiger partial charge in [-0.1, -0.05) is 26.0 Å². The van der Waals surface area contributed by atoms with Crippen LogP contribution in [0.4, 0.5) is 5.69 Å². The van der Waals surface area contributed by atoms with Crippen molar-refractivity contribution >= 4 is 17.6 Å². The molecule has 1 N–H and O–H groups in total. The minimum atomic E-state index is -0.957. The van der Waals surface area contributed by atoms with Gasteiger partial charge in [-0.15, -0.1) is 0 Å². The number of benzene rings is 1. The van der Waals surface area contributed by atoms with Gasteiger partial charge in [0.2, 0.25) is 0 Å². The van der Waals surface area contributed by atoms with Crippen LogP contribution in [0.25, 0.3) is 0 Å². The van der Waals surface area contributed by atoms with Crippen molar-refractivity contribution < 1.29 is 19.1 Å². The lowest BCUT2D eigenvalue weighted by atomic mass is 10.0. The summed E-state index contributed by atoms with van der Waals surface area (Å²) < 4.78 is 5.67. The number of ether oxygens (including phenoxy) is 1. The number of esters is 1. The summed E-state index contributed by atoms with van der Waals surface area (Å²) in [7, 11) is 0. The maximum Gasteiger partial charge on any atom is 0.339 e. The van der Waals surface area contributed by atoms with Crippen LogP contribution >= 0.6 is 0 Å². The molecule has 0 radical (unpaired) electrons. The first kappa shape index (κ1) is 17.5. The summed E-state index contributed by atoms with van der Waals surface area (Å²) in [5, 5.41) is 13.6. The van der Waals surface area contributed by atoms with Crippen molar-refractivity contribution in [3.8, 4) is 0 Å². The topological polar surface area (TPSA) is 82.3 Å². The summed E-state index contributed by atoms with van der Waals surface area (Å²) in [6.07, 6.45) is 1.43. The van der Waals surface area contributed by atoms with Gasteiger partial charge in [0.25, 0.3) is 5.91 Å². The van der Waals surface area contributed by atoms with Crippen LogP contribution in [-0.4, -0.2) is 18.0 Å². The fourth-order valence-electron chi connectivity index (χ4n) is 2.03. The number of nitrogens with zero attached hydrogens (tertiary/aromatic N) is 1. The van der Waals surface area contributed by atoms with Crippen molar-refractivity contribution in [2.45, 2.75) is 32.8 Å². The minimum Gasteiger partial charge on any atom is -0.619 e. The van der Waals surface area contributed by atoms with E-state index in [9.17, 15) is 14.8 Å². The molecule has 1 atom stereocenters. The van der Waals surface area contributed by atoms with Crippen LogP contribution in [0.5, 0.6) is 0 Å². The van der Waals surface area contributed by atoms with Crippen molar-refractivity contribution in [2.75, 3.05) is 5.32 Å². The molecule has 0 aliphatic rings. The Morgan fingerprint density at radius 2 is 1.62 bits per heavy atom. The number of pyridine rings is 1. The Labute approximate surface area is 140 Å². The summed E-state index contributed by atoms with van der Waals surface area (Å²) >= 11 is 0.